The van der Waals surface area contributed by atoms with Crippen LogP contribution in [0.5, 0.6) is 0 Å². The van der Waals surface area contributed by atoms with Gasteiger partial charge in [0.1, 0.15) is 0 Å². The minimum absolute atomic E-state index is 0.311. The van der Waals surface area contributed by atoms with Crippen molar-refractivity contribution in [1.82, 2.24) is 5.32 Å². The van der Waals surface area contributed by atoms with Crippen LogP contribution in [0.4, 0.5) is 5.69 Å². The molecule has 1 aromatic rings. The summed E-state index contributed by atoms with van der Waals surface area (Å²) < 4.78 is 0. The molecule has 0 unspecified atom stereocenters. The Morgan fingerprint density at radius 3 is 2.73 bits per heavy atom. The van der Waals surface area contributed by atoms with Crippen LogP contribution in [0.15, 0.2) is 18.2 Å². The molecule has 0 aliphatic heterocycles. The molecular weight excluding hydrogens is 188 g/mol. The Morgan fingerprint density at radius 1 is 1.40 bits per heavy atom. The summed E-state index contributed by atoms with van der Waals surface area (Å²) in [6.07, 6.45) is 0. The fraction of sp³-hybridized carbons (Fsp3) is 0.364. The zero-order chi connectivity index (χ0) is 11.3. The summed E-state index contributed by atoms with van der Waals surface area (Å²) in [5.41, 5.74) is 8.70. The number of anilines is 1. The molecule has 0 amide bonds. The lowest BCUT2D eigenvalue weighted by molar-refractivity contribution is 0.953. The van der Waals surface area contributed by atoms with Gasteiger partial charge in [0.2, 0.25) is 0 Å². The first-order chi connectivity index (χ1) is 7.15. The number of hydrogen-bond acceptors (Lipinski definition) is 2. The van der Waals surface area contributed by atoms with Gasteiger partial charge in [-0.1, -0.05) is 6.07 Å². The fourth-order valence-corrected chi connectivity index (χ4v) is 1.42. The van der Waals surface area contributed by atoms with Crippen LogP contribution in [-0.2, 0) is 6.54 Å². The predicted octanol–water partition coefficient (Wildman–Crippen LogP) is 1.41. The lowest BCUT2D eigenvalue weighted by Gasteiger charge is -2.10. The zero-order valence-corrected chi connectivity index (χ0v) is 9.22. The largest absolute Gasteiger partial charge is 0.357 e. The summed E-state index contributed by atoms with van der Waals surface area (Å²) in [6, 6.07) is 5.99. The predicted molar refractivity (Wildman–Crippen MR) is 64.1 cm³/mol. The molecule has 0 atom stereocenters. The zero-order valence-electron chi connectivity index (χ0n) is 9.22. The van der Waals surface area contributed by atoms with Crippen molar-refractivity contribution >= 4 is 11.6 Å². The molecule has 1 rings (SSSR count). The number of nitrogens with two attached hydrogens (primary N) is 1. The third-order valence-electron chi connectivity index (χ3n) is 2.00. The molecular formula is C11H18N4. The van der Waals surface area contributed by atoms with E-state index >= 15 is 0 Å². The summed E-state index contributed by atoms with van der Waals surface area (Å²) in [5.74, 6) is 0.311. The van der Waals surface area contributed by atoms with E-state index in [0.717, 1.165) is 23.4 Å². The molecule has 0 saturated heterocycles. The van der Waals surface area contributed by atoms with E-state index in [4.69, 9.17) is 11.1 Å². The Hall–Kier alpha value is -1.55. The van der Waals surface area contributed by atoms with Crippen LogP contribution in [0.1, 0.15) is 18.1 Å². The van der Waals surface area contributed by atoms with E-state index in [9.17, 15) is 0 Å². The molecule has 0 bridgehead atoms. The van der Waals surface area contributed by atoms with Gasteiger partial charge in [-0.2, -0.15) is 0 Å². The van der Waals surface area contributed by atoms with Gasteiger partial charge < -0.3 is 16.4 Å². The Balaban J connectivity index is 2.76. The number of rotatable bonds is 3. The van der Waals surface area contributed by atoms with E-state index in [0.29, 0.717) is 12.5 Å². The van der Waals surface area contributed by atoms with Crippen molar-refractivity contribution in [2.75, 3.05) is 11.9 Å². The molecule has 4 nitrogen and oxygen atoms in total. The molecule has 1 aromatic carbocycles. The van der Waals surface area contributed by atoms with Crippen molar-refractivity contribution < 1.29 is 0 Å². The monoisotopic (exact) mass is 206 g/mol. The molecule has 0 fully saturated rings. The minimum Gasteiger partial charge on any atom is -0.357 e. The summed E-state index contributed by atoms with van der Waals surface area (Å²) in [7, 11) is 0. The van der Waals surface area contributed by atoms with Crippen LogP contribution in [0.3, 0.4) is 0 Å². The van der Waals surface area contributed by atoms with Gasteiger partial charge in [-0.3, -0.25) is 5.41 Å². The van der Waals surface area contributed by atoms with Gasteiger partial charge in [-0.05, 0) is 37.1 Å². The Kier molecular flexibility index (Phi) is 4.12. The first-order valence-corrected chi connectivity index (χ1v) is 5.05. The number of guanidine groups is 1. The SMILES string of the molecule is CCNC(=N)Nc1cc(C)cc(CN)c1. The van der Waals surface area contributed by atoms with Gasteiger partial charge in [0, 0.05) is 18.8 Å². The van der Waals surface area contributed by atoms with E-state index in [1.165, 1.54) is 0 Å². The molecule has 0 saturated carbocycles. The Morgan fingerprint density at radius 2 is 2.13 bits per heavy atom. The summed E-state index contributed by atoms with van der Waals surface area (Å²) in [5, 5.41) is 13.4. The molecule has 0 radical (unpaired) electrons. The maximum Gasteiger partial charge on any atom is 0.192 e. The van der Waals surface area contributed by atoms with E-state index in [1.807, 2.05) is 32.0 Å². The highest BCUT2D eigenvalue weighted by molar-refractivity contribution is 5.91. The van der Waals surface area contributed by atoms with Crippen LogP contribution < -0.4 is 16.4 Å². The first-order valence-electron chi connectivity index (χ1n) is 5.05. The molecule has 82 valence electrons. The Bertz CT molecular complexity index is 346. The second kappa shape index (κ2) is 5.36. The molecule has 4 heteroatoms. The number of nitrogens with one attached hydrogen (secondary N) is 3. The van der Waals surface area contributed by atoms with Crippen molar-refractivity contribution in [3.05, 3.63) is 29.3 Å². The van der Waals surface area contributed by atoms with E-state index in [-0.39, 0.29) is 0 Å². The van der Waals surface area contributed by atoms with E-state index in [1.54, 1.807) is 0 Å². The van der Waals surface area contributed by atoms with Gasteiger partial charge in [0.25, 0.3) is 0 Å². The van der Waals surface area contributed by atoms with E-state index < -0.39 is 0 Å². The van der Waals surface area contributed by atoms with Crippen molar-refractivity contribution in [3.8, 4) is 0 Å². The normalized spacial score (nSPS) is 9.80. The van der Waals surface area contributed by atoms with Gasteiger partial charge >= 0.3 is 0 Å². The third-order valence-corrected chi connectivity index (χ3v) is 2.00. The average Bonchev–Trinajstić information content (AvgIpc) is 2.17. The molecule has 15 heavy (non-hydrogen) atoms. The molecule has 0 heterocycles. The topological polar surface area (TPSA) is 73.9 Å². The lowest BCUT2D eigenvalue weighted by atomic mass is 10.1. The van der Waals surface area contributed by atoms with Crippen molar-refractivity contribution in [2.24, 2.45) is 5.73 Å². The van der Waals surface area contributed by atoms with Gasteiger partial charge in [-0.25, -0.2) is 0 Å². The number of benzene rings is 1. The first kappa shape index (κ1) is 11.5. The maximum atomic E-state index is 7.57. The molecule has 0 aliphatic carbocycles. The lowest BCUT2D eigenvalue weighted by Crippen LogP contribution is -2.29. The Labute approximate surface area is 90.4 Å². The second-order valence-electron chi connectivity index (χ2n) is 3.44. The van der Waals surface area contributed by atoms with E-state index in [2.05, 4.69) is 10.6 Å². The highest BCUT2D eigenvalue weighted by Crippen LogP contribution is 2.13. The highest BCUT2D eigenvalue weighted by Gasteiger charge is 1.99. The summed E-state index contributed by atoms with van der Waals surface area (Å²) in [6.45, 7) is 5.23. The van der Waals surface area contributed by atoms with Gasteiger partial charge in [0.15, 0.2) is 5.96 Å². The van der Waals surface area contributed by atoms with Gasteiger partial charge in [0.05, 0.1) is 0 Å². The number of hydrogen-bond donors (Lipinski definition) is 4. The van der Waals surface area contributed by atoms with Crippen LogP contribution in [0, 0.1) is 12.3 Å². The minimum atomic E-state index is 0.311. The summed E-state index contributed by atoms with van der Waals surface area (Å²) >= 11 is 0. The van der Waals surface area contributed by atoms with Crippen LogP contribution in [-0.4, -0.2) is 12.5 Å². The third kappa shape index (κ3) is 3.59. The molecule has 5 N–H and O–H groups in total. The van der Waals surface area contributed by atoms with Crippen LogP contribution >= 0.6 is 0 Å². The summed E-state index contributed by atoms with van der Waals surface area (Å²) in [4.78, 5) is 0. The maximum absolute atomic E-state index is 7.57. The average molecular weight is 206 g/mol. The molecule has 0 aliphatic rings. The standard InChI is InChI=1S/C11H18N4/c1-3-14-11(13)15-10-5-8(2)4-9(6-10)7-12/h4-6H,3,7,12H2,1-2H3,(H3,13,14,15). The quantitative estimate of drug-likeness (QED) is 0.446. The fourth-order valence-electron chi connectivity index (χ4n) is 1.42. The second-order valence-corrected chi connectivity index (χ2v) is 3.44. The molecule has 0 aromatic heterocycles. The highest BCUT2D eigenvalue weighted by atomic mass is 15.1. The van der Waals surface area contributed by atoms with Gasteiger partial charge in [-0.15, -0.1) is 0 Å². The van der Waals surface area contributed by atoms with Crippen molar-refractivity contribution in [2.45, 2.75) is 20.4 Å². The molecule has 0 spiro atoms. The van der Waals surface area contributed by atoms with Crippen LogP contribution in [0.2, 0.25) is 0 Å². The van der Waals surface area contributed by atoms with Crippen LogP contribution in [0.25, 0.3) is 0 Å². The van der Waals surface area contributed by atoms with Crippen molar-refractivity contribution in [1.29, 1.82) is 5.41 Å². The number of aryl methyl sites for hydroxylation is 1. The van der Waals surface area contributed by atoms with Crippen molar-refractivity contribution in [3.63, 3.8) is 0 Å². The smallest absolute Gasteiger partial charge is 0.192 e.